The van der Waals surface area contributed by atoms with E-state index in [2.05, 4.69) is 20.8 Å². The molecule has 19 heavy (non-hydrogen) atoms. The van der Waals surface area contributed by atoms with E-state index < -0.39 is 0 Å². The van der Waals surface area contributed by atoms with Crippen LogP contribution in [0.3, 0.4) is 0 Å². The number of nitrogens with one attached hydrogen (secondary N) is 2. The highest BCUT2D eigenvalue weighted by Gasteiger charge is 2.21. The van der Waals surface area contributed by atoms with Gasteiger partial charge in [-0.3, -0.25) is 0 Å². The van der Waals surface area contributed by atoms with Crippen molar-refractivity contribution in [3.63, 3.8) is 0 Å². The number of rotatable bonds is 6. The molecule has 1 heterocycles. The van der Waals surface area contributed by atoms with Crippen LogP contribution in [0.4, 0.5) is 11.7 Å². The molecule has 1 aliphatic rings. The van der Waals surface area contributed by atoms with E-state index in [0.29, 0.717) is 24.5 Å². The first-order valence-corrected chi connectivity index (χ1v) is 6.31. The van der Waals surface area contributed by atoms with E-state index in [1.807, 2.05) is 24.3 Å². The fraction of sp³-hybridized carbons (Fsp3) is 0.385. The Morgan fingerprint density at radius 3 is 2.95 bits per heavy atom. The lowest BCUT2D eigenvalue weighted by molar-refractivity contribution is 0.416. The maximum atomic E-state index is 5.51. The van der Waals surface area contributed by atoms with E-state index in [0.717, 1.165) is 11.4 Å². The van der Waals surface area contributed by atoms with Gasteiger partial charge in [-0.15, -0.1) is 5.10 Å². The van der Waals surface area contributed by atoms with Crippen molar-refractivity contribution in [3.05, 3.63) is 30.2 Å². The van der Waals surface area contributed by atoms with Gasteiger partial charge < -0.3 is 19.8 Å². The Morgan fingerprint density at radius 1 is 1.32 bits per heavy atom. The third-order valence-corrected chi connectivity index (χ3v) is 2.93. The zero-order valence-electron chi connectivity index (χ0n) is 10.7. The average molecular weight is 260 g/mol. The van der Waals surface area contributed by atoms with Gasteiger partial charge in [-0.2, -0.15) is 0 Å². The molecule has 0 radical (unpaired) electrons. The van der Waals surface area contributed by atoms with Crippen molar-refractivity contribution in [1.29, 1.82) is 0 Å². The highest BCUT2D eigenvalue weighted by molar-refractivity contribution is 5.61. The van der Waals surface area contributed by atoms with Gasteiger partial charge in [-0.05, 0) is 25.0 Å². The third kappa shape index (κ3) is 3.03. The Bertz CT molecular complexity index is 551. The van der Waals surface area contributed by atoms with Crippen LogP contribution in [0.1, 0.15) is 18.7 Å². The van der Waals surface area contributed by atoms with E-state index in [-0.39, 0.29) is 0 Å². The Labute approximate surface area is 111 Å². The molecule has 1 fully saturated rings. The van der Waals surface area contributed by atoms with Crippen LogP contribution in [0.25, 0.3) is 0 Å². The molecule has 0 atom stereocenters. The summed E-state index contributed by atoms with van der Waals surface area (Å²) in [6.45, 7) is 0.616. The number of methoxy groups -OCH3 is 1. The molecule has 3 rings (SSSR count). The molecule has 1 saturated carbocycles. The summed E-state index contributed by atoms with van der Waals surface area (Å²) in [5.74, 6) is 1.32. The maximum Gasteiger partial charge on any atom is 0.320 e. The molecule has 6 nitrogen and oxygen atoms in total. The number of hydrogen-bond acceptors (Lipinski definition) is 6. The van der Waals surface area contributed by atoms with Crippen molar-refractivity contribution in [2.24, 2.45) is 0 Å². The van der Waals surface area contributed by atoms with Gasteiger partial charge in [0, 0.05) is 6.04 Å². The van der Waals surface area contributed by atoms with Gasteiger partial charge in [-0.1, -0.05) is 17.2 Å². The van der Waals surface area contributed by atoms with E-state index in [4.69, 9.17) is 9.15 Å². The van der Waals surface area contributed by atoms with E-state index in [1.54, 1.807) is 7.11 Å². The summed E-state index contributed by atoms with van der Waals surface area (Å²) in [6.07, 6.45) is 2.47. The second-order valence-electron chi connectivity index (χ2n) is 4.48. The maximum absolute atomic E-state index is 5.51. The molecule has 1 aliphatic carbocycles. The molecule has 0 unspecified atom stereocenters. The third-order valence-electron chi connectivity index (χ3n) is 2.93. The first kappa shape index (κ1) is 12.0. The minimum atomic E-state index is 0.372. The molecule has 0 amide bonds. The van der Waals surface area contributed by atoms with Crippen LogP contribution in [-0.2, 0) is 6.54 Å². The normalized spacial score (nSPS) is 14.4. The highest BCUT2D eigenvalue weighted by Crippen LogP contribution is 2.26. The summed E-state index contributed by atoms with van der Waals surface area (Å²) >= 11 is 0. The summed E-state index contributed by atoms with van der Waals surface area (Å²) < 4.78 is 10.8. The molecule has 1 aromatic heterocycles. The number of nitrogens with zero attached hydrogens (tertiary/aromatic N) is 2. The van der Waals surface area contributed by atoms with Crippen LogP contribution >= 0.6 is 0 Å². The number of benzene rings is 1. The van der Waals surface area contributed by atoms with Gasteiger partial charge in [0.15, 0.2) is 0 Å². The van der Waals surface area contributed by atoms with E-state index in [9.17, 15) is 0 Å². The van der Waals surface area contributed by atoms with Gasteiger partial charge in [0.25, 0.3) is 0 Å². The van der Waals surface area contributed by atoms with Crippen molar-refractivity contribution in [2.75, 3.05) is 12.4 Å². The lowest BCUT2D eigenvalue weighted by Crippen LogP contribution is -2.15. The second kappa shape index (κ2) is 5.27. The molecule has 0 spiro atoms. The molecule has 0 saturated heterocycles. The van der Waals surface area contributed by atoms with Crippen LogP contribution in [-0.4, -0.2) is 23.3 Å². The minimum Gasteiger partial charge on any atom is -0.495 e. The summed E-state index contributed by atoms with van der Waals surface area (Å²) in [5.41, 5.74) is 0.801. The van der Waals surface area contributed by atoms with Crippen LogP contribution in [0.2, 0.25) is 0 Å². The first-order chi connectivity index (χ1) is 9.35. The van der Waals surface area contributed by atoms with Crippen LogP contribution in [0, 0.1) is 0 Å². The summed E-state index contributed by atoms with van der Waals surface area (Å²) in [5, 5.41) is 14.3. The number of aromatic nitrogens is 2. The Kier molecular flexibility index (Phi) is 3.33. The van der Waals surface area contributed by atoms with Crippen LogP contribution in [0.15, 0.2) is 28.7 Å². The Hall–Kier alpha value is -2.08. The smallest absolute Gasteiger partial charge is 0.320 e. The monoisotopic (exact) mass is 260 g/mol. The van der Waals surface area contributed by atoms with Crippen molar-refractivity contribution in [2.45, 2.75) is 25.4 Å². The highest BCUT2D eigenvalue weighted by atomic mass is 16.5. The fourth-order valence-electron chi connectivity index (χ4n) is 1.76. The molecule has 0 aliphatic heterocycles. The molecular weight excluding hydrogens is 244 g/mol. The van der Waals surface area contributed by atoms with E-state index in [1.165, 1.54) is 12.8 Å². The zero-order chi connectivity index (χ0) is 13.1. The quantitative estimate of drug-likeness (QED) is 0.828. The fourth-order valence-corrected chi connectivity index (χ4v) is 1.76. The summed E-state index contributed by atoms with van der Waals surface area (Å²) in [4.78, 5) is 0. The number of para-hydroxylation sites is 2. The lowest BCUT2D eigenvalue weighted by Gasteiger charge is -2.06. The molecule has 2 aromatic rings. The lowest BCUT2D eigenvalue weighted by atomic mass is 10.3. The topological polar surface area (TPSA) is 72.2 Å². The van der Waals surface area contributed by atoms with Gasteiger partial charge in [0.1, 0.15) is 5.75 Å². The summed E-state index contributed by atoms with van der Waals surface area (Å²) in [7, 11) is 1.62. The van der Waals surface area contributed by atoms with Crippen molar-refractivity contribution < 1.29 is 9.15 Å². The largest absolute Gasteiger partial charge is 0.495 e. The van der Waals surface area contributed by atoms with Crippen molar-refractivity contribution in [3.8, 4) is 5.75 Å². The van der Waals surface area contributed by atoms with Crippen molar-refractivity contribution >= 4 is 11.7 Å². The second-order valence-corrected chi connectivity index (χ2v) is 4.48. The van der Waals surface area contributed by atoms with Crippen LogP contribution in [0.5, 0.6) is 5.75 Å². The molecule has 0 bridgehead atoms. The summed E-state index contributed by atoms with van der Waals surface area (Å²) in [6, 6.07) is 8.58. The van der Waals surface area contributed by atoms with E-state index >= 15 is 0 Å². The molecule has 2 N–H and O–H groups in total. The number of ether oxygens (including phenoxy) is 1. The van der Waals surface area contributed by atoms with Gasteiger partial charge in [0.05, 0.1) is 19.3 Å². The first-order valence-electron chi connectivity index (χ1n) is 6.31. The Morgan fingerprint density at radius 2 is 2.16 bits per heavy atom. The zero-order valence-corrected chi connectivity index (χ0v) is 10.7. The SMILES string of the molecule is COc1ccccc1Nc1nnc(CNC2CC2)o1. The number of hydrogen-bond donors (Lipinski definition) is 2. The van der Waals surface area contributed by atoms with Gasteiger partial charge in [0.2, 0.25) is 5.89 Å². The van der Waals surface area contributed by atoms with Gasteiger partial charge in [-0.25, -0.2) is 0 Å². The average Bonchev–Trinajstić information content (AvgIpc) is 3.17. The predicted octanol–water partition coefficient (Wildman–Crippen LogP) is 2.07. The molecular formula is C13H16N4O2. The Balaban J connectivity index is 1.65. The van der Waals surface area contributed by atoms with Crippen LogP contribution < -0.4 is 15.4 Å². The number of anilines is 2. The van der Waals surface area contributed by atoms with Crippen molar-refractivity contribution in [1.82, 2.24) is 15.5 Å². The standard InChI is InChI=1S/C13H16N4O2/c1-18-11-5-3-2-4-10(11)15-13-17-16-12(19-13)8-14-9-6-7-9/h2-5,9,14H,6-8H2,1H3,(H,15,17). The molecule has 100 valence electrons. The molecule has 6 heteroatoms. The predicted molar refractivity (Wildman–Crippen MR) is 70.4 cm³/mol. The van der Waals surface area contributed by atoms with Gasteiger partial charge >= 0.3 is 6.01 Å². The molecule has 1 aromatic carbocycles. The minimum absolute atomic E-state index is 0.372.